The van der Waals surface area contributed by atoms with E-state index in [0.29, 0.717) is 12.5 Å². The second-order valence-electron chi connectivity index (χ2n) is 5.82. The third-order valence-corrected chi connectivity index (χ3v) is 5.10. The van der Waals surface area contributed by atoms with Crippen molar-refractivity contribution in [2.24, 2.45) is 11.3 Å². The van der Waals surface area contributed by atoms with Crippen LogP contribution < -0.4 is 0 Å². The number of fused-ring (bicyclic) bond motifs is 1. The smallest absolute Gasteiger partial charge is 0.232 e. The van der Waals surface area contributed by atoms with Gasteiger partial charge in [-0.3, -0.25) is 9.69 Å². The lowest BCUT2D eigenvalue weighted by Gasteiger charge is -2.29. The number of thiophene rings is 1. The topological polar surface area (TPSA) is 32.8 Å². The van der Waals surface area contributed by atoms with E-state index >= 15 is 0 Å². The predicted molar refractivity (Wildman–Crippen MR) is 75.0 cm³/mol. The lowest BCUT2D eigenvalue weighted by molar-refractivity contribution is -0.140. The minimum absolute atomic E-state index is 0.226. The molecule has 1 aromatic rings. The molecule has 104 valence electrons. The maximum absolute atomic E-state index is 12.5. The van der Waals surface area contributed by atoms with Gasteiger partial charge in [0.25, 0.3) is 0 Å². The van der Waals surface area contributed by atoms with Gasteiger partial charge in [0, 0.05) is 44.5 Å². The van der Waals surface area contributed by atoms with Gasteiger partial charge >= 0.3 is 0 Å². The summed E-state index contributed by atoms with van der Waals surface area (Å²) < 4.78 is 5.60. The standard InChI is InChI=1S/C14H20N2O2S/c1-15(2)13(17)14-9-16(6-11(14)8-18-10-14)7-12-4-3-5-19-12/h3-5,11H,6-10H2,1-2H3/t11-,14-/m1/s1. The van der Waals surface area contributed by atoms with Gasteiger partial charge in [-0.2, -0.15) is 0 Å². The Kier molecular flexibility index (Phi) is 3.37. The summed E-state index contributed by atoms with van der Waals surface area (Å²) in [6, 6.07) is 4.25. The van der Waals surface area contributed by atoms with Crippen LogP contribution in [0.5, 0.6) is 0 Å². The van der Waals surface area contributed by atoms with Gasteiger partial charge in [0.1, 0.15) is 0 Å². The van der Waals surface area contributed by atoms with Crippen LogP contribution in [-0.2, 0) is 16.1 Å². The Labute approximate surface area is 118 Å². The van der Waals surface area contributed by atoms with Crippen molar-refractivity contribution < 1.29 is 9.53 Å². The van der Waals surface area contributed by atoms with Crippen molar-refractivity contribution in [1.29, 1.82) is 0 Å². The van der Waals surface area contributed by atoms with Gasteiger partial charge in [0.15, 0.2) is 0 Å². The summed E-state index contributed by atoms with van der Waals surface area (Å²) >= 11 is 1.78. The van der Waals surface area contributed by atoms with Gasteiger partial charge in [-0.05, 0) is 11.4 Å². The van der Waals surface area contributed by atoms with Crippen molar-refractivity contribution >= 4 is 17.2 Å². The Morgan fingerprint density at radius 1 is 1.63 bits per heavy atom. The van der Waals surface area contributed by atoms with Gasteiger partial charge < -0.3 is 9.64 Å². The summed E-state index contributed by atoms with van der Waals surface area (Å²) in [7, 11) is 3.68. The van der Waals surface area contributed by atoms with E-state index in [2.05, 4.69) is 22.4 Å². The quantitative estimate of drug-likeness (QED) is 0.836. The van der Waals surface area contributed by atoms with Crippen LogP contribution in [0.4, 0.5) is 0 Å². The van der Waals surface area contributed by atoms with Crippen LogP contribution in [0.3, 0.4) is 0 Å². The van der Waals surface area contributed by atoms with Crippen molar-refractivity contribution in [3.63, 3.8) is 0 Å². The van der Waals surface area contributed by atoms with Crippen LogP contribution in [0.1, 0.15) is 4.88 Å². The molecule has 19 heavy (non-hydrogen) atoms. The maximum atomic E-state index is 12.5. The van der Waals surface area contributed by atoms with Crippen molar-refractivity contribution in [2.45, 2.75) is 6.54 Å². The van der Waals surface area contributed by atoms with Crippen LogP contribution in [0.15, 0.2) is 17.5 Å². The molecular weight excluding hydrogens is 260 g/mol. The van der Waals surface area contributed by atoms with E-state index in [9.17, 15) is 4.79 Å². The maximum Gasteiger partial charge on any atom is 0.232 e. The van der Waals surface area contributed by atoms with Gasteiger partial charge in [-0.15, -0.1) is 11.3 Å². The molecule has 1 aromatic heterocycles. The van der Waals surface area contributed by atoms with Crippen molar-refractivity contribution in [1.82, 2.24) is 9.80 Å². The van der Waals surface area contributed by atoms with Crippen LogP contribution >= 0.6 is 11.3 Å². The molecule has 0 saturated carbocycles. The summed E-state index contributed by atoms with van der Waals surface area (Å²) in [6.07, 6.45) is 0. The van der Waals surface area contributed by atoms with E-state index in [-0.39, 0.29) is 11.3 Å². The number of carbonyl (C=O) groups is 1. The number of hydrogen-bond donors (Lipinski definition) is 0. The fourth-order valence-electron chi connectivity index (χ4n) is 3.33. The molecule has 0 spiro atoms. The van der Waals surface area contributed by atoms with Crippen molar-refractivity contribution in [3.05, 3.63) is 22.4 Å². The molecule has 0 aliphatic carbocycles. The Hall–Kier alpha value is -0.910. The molecule has 3 rings (SSSR count). The summed E-state index contributed by atoms with van der Waals surface area (Å²) in [5.41, 5.74) is -0.305. The zero-order valence-corrected chi connectivity index (χ0v) is 12.3. The first-order valence-corrected chi connectivity index (χ1v) is 7.54. The number of nitrogens with zero attached hydrogens (tertiary/aromatic N) is 2. The molecule has 0 aromatic carbocycles. The normalized spacial score (nSPS) is 30.5. The predicted octanol–water partition coefficient (Wildman–Crippen LogP) is 1.28. The summed E-state index contributed by atoms with van der Waals surface area (Å²) in [6.45, 7) is 4.05. The fourth-order valence-corrected chi connectivity index (χ4v) is 4.08. The third kappa shape index (κ3) is 2.20. The van der Waals surface area contributed by atoms with Gasteiger partial charge in [0.05, 0.1) is 18.6 Å². The molecular formula is C14H20N2O2S. The lowest BCUT2D eigenvalue weighted by atomic mass is 9.80. The second-order valence-corrected chi connectivity index (χ2v) is 6.85. The van der Waals surface area contributed by atoms with Crippen LogP contribution in [-0.4, -0.2) is 56.1 Å². The first-order chi connectivity index (χ1) is 9.12. The number of rotatable bonds is 3. The van der Waals surface area contributed by atoms with Gasteiger partial charge in [0.2, 0.25) is 5.91 Å². The Morgan fingerprint density at radius 2 is 2.47 bits per heavy atom. The van der Waals surface area contributed by atoms with Crippen LogP contribution in [0.2, 0.25) is 0 Å². The molecule has 2 saturated heterocycles. The van der Waals surface area contributed by atoms with E-state index < -0.39 is 0 Å². The molecule has 0 unspecified atom stereocenters. The summed E-state index contributed by atoms with van der Waals surface area (Å²) in [5, 5.41) is 2.11. The largest absolute Gasteiger partial charge is 0.380 e. The lowest BCUT2D eigenvalue weighted by Crippen LogP contribution is -2.46. The molecule has 1 amide bonds. The Bertz CT molecular complexity index is 460. The van der Waals surface area contributed by atoms with Crippen molar-refractivity contribution in [2.75, 3.05) is 40.4 Å². The van der Waals surface area contributed by atoms with Gasteiger partial charge in [-0.1, -0.05) is 6.07 Å². The van der Waals surface area contributed by atoms with E-state index in [1.54, 1.807) is 16.2 Å². The highest BCUT2D eigenvalue weighted by atomic mass is 32.1. The molecule has 4 nitrogen and oxygen atoms in total. The minimum atomic E-state index is -0.305. The highest BCUT2D eigenvalue weighted by molar-refractivity contribution is 7.09. The number of carbonyl (C=O) groups excluding carboxylic acids is 1. The zero-order chi connectivity index (χ0) is 13.5. The Balaban J connectivity index is 1.76. The summed E-state index contributed by atoms with van der Waals surface area (Å²) in [4.78, 5) is 18.0. The van der Waals surface area contributed by atoms with E-state index in [4.69, 9.17) is 4.74 Å². The highest BCUT2D eigenvalue weighted by Crippen LogP contribution is 2.43. The molecule has 2 aliphatic rings. The average Bonchev–Trinajstić information content (AvgIpc) is 3.03. The van der Waals surface area contributed by atoms with E-state index in [0.717, 1.165) is 26.2 Å². The van der Waals surface area contributed by atoms with E-state index in [1.807, 2.05) is 14.1 Å². The molecule has 0 radical (unpaired) electrons. The number of amides is 1. The Morgan fingerprint density at radius 3 is 3.16 bits per heavy atom. The summed E-state index contributed by atoms with van der Waals surface area (Å²) in [5.74, 6) is 0.575. The third-order valence-electron chi connectivity index (χ3n) is 4.24. The van der Waals surface area contributed by atoms with Crippen molar-refractivity contribution in [3.8, 4) is 0 Å². The fraction of sp³-hybridized carbons (Fsp3) is 0.643. The highest BCUT2D eigenvalue weighted by Gasteiger charge is 2.56. The molecule has 2 fully saturated rings. The molecule has 2 atom stereocenters. The van der Waals surface area contributed by atoms with E-state index in [1.165, 1.54) is 4.88 Å². The molecule has 2 aliphatic heterocycles. The minimum Gasteiger partial charge on any atom is -0.380 e. The number of likely N-dealkylation sites (tertiary alicyclic amines) is 1. The number of ether oxygens (including phenoxy) is 1. The average molecular weight is 280 g/mol. The molecule has 0 N–H and O–H groups in total. The monoisotopic (exact) mass is 280 g/mol. The first-order valence-electron chi connectivity index (χ1n) is 6.66. The van der Waals surface area contributed by atoms with Crippen LogP contribution in [0.25, 0.3) is 0 Å². The van der Waals surface area contributed by atoms with Crippen LogP contribution in [0, 0.1) is 11.3 Å². The first kappa shape index (κ1) is 13.1. The zero-order valence-electron chi connectivity index (χ0n) is 11.5. The molecule has 0 bridgehead atoms. The second kappa shape index (κ2) is 4.89. The SMILES string of the molecule is CN(C)C(=O)[C@]12COC[C@H]1CN(Cc1cccs1)C2. The van der Waals surface area contributed by atoms with Gasteiger partial charge in [-0.25, -0.2) is 0 Å². The molecule has 5 heteroatoms. The number of hydrogen-bond acceptors (Lipinski definition) is 4. The molecule has 3 heterocycles.